The lowest BCUT2D eigenvalue weighted by atomic mass is 10.2. The Morgan fingerprint density at radius 3 is 2.47 bits per heavy atom. The maximum Gasteiger partial charge on any atom is 0.274 e. The maximum absolute atomic E-state index is 11.7. The lowest BCUT2D eigenvalue weighted by molar-refractivity contribution is -0.212. The van der Waals surface area contributed by atoms with E-state index >= 15 is 0 Å². The van der Waals surface area contributed by atoms with E-state index in [2.05, 4.69) is 56.2 Å². The largest absolute Gasteiger partial charge is 0.858 e. The molecule has 0 bridgehead atoms. The molecule has 4 nitrogen and oxygen atoms in total. The van der Waals surface area contributed by atoms with Crippen molar-refractivity contribution in [3.8, 4) is 0 Å². The normalized spacial score (nSPS) is 12.5. The lowest BCUT2D eigenvalue weighted by Gasteiger charge is -2.13. The van der Waals surface area contributed by atoms with Crippen molar-refractivity contribution in [1.82, 2.24) is 0 Å². The molecular weight excluding hydrogens is 583 g/mol. The molecule has 0 saturated carbocycles. The molecule has 0 fully saturated rings. The maximum atomic E-state index is 11.7. The minimum absolute atomic E-state index is 0.285. The molecular formula is C9H5I3NO3S-. The molecule has 0 saturated heterocycles. The highest BCUT2D eigenvalue weighted by atomic mass is 127. The fraction of sp³-hybridized carbons (Fsp3) is 0. The summed E-state index contributed by atoms with van der Waals surface area (Å²) < 4.78 is 27.9. The first-order chi connectivity index (χ1) is 7.76. The Morgan fingerprint density at radius 2 is 1.94 bits per heavy atom. The van der Waals surface area contributed by atoms with Gasteiger partial charge in [0.05, 0.1) is 0 Å². The molecule has 0 aliphatic rings. The van der Waals surface area contributed by atoms with Gasteiger partial charge in [-0.3, -0.25) is 0 Å². The van der Waals surface area contributed by atoms with Crippen molar-refractivity contribution < 1.29 is 13.5 Å². The van der Waals surface area contributed by atoms with Crippen molar-refractivity contribution in [3.63, 3.8) is 0 Å². The van der Waals surface area contributed by atoms with Crippen molar-refractivity contribution in [3.05, 3.63) is 40.4 Å². The van der Waals surface area contributed by atoms with E-state index in [1.165, 1.54) is 0 Å². The van der Waals surface area contributed by atoms with Crippen LogP contribution in [0.3, 0.4) is 0 Å². The first-order valence-electron chi connectivity index (χ1n) is 4.06. The summed E-state index contributed by atoms with van der Waals surface area (Å²) >= 11 is 6.12. The second kappa shape index (κ2) is 6.14. The predicted molar refractivity (Wildman–Crippen MR) is 90.2 cm³/mol. The zero-order valence-electron chi connectivity index (χ0n) is 8.15. The summed E-state index contributed by atoms with van der Waals surface area (Å²) in [4.78, 5) is 0. The number of sulfonamides is 1. The summed E-state index contributed by atoms with van der Waals surface area (Å²) in [6.07, 6.45) is 0. The second-order valence-electron chi connectivity index (χ2n) is 2.83. The molecule has 0 radical (unpaired) electrons. The van der Waals surface area contributed by atoms with E-state index < -0.39 is 15.9 Å². The standard InChI is InChI=1S/C9H6I3NO3S/c1-2-17(15,16)13-9(14)6-3-5(10)4-7(11)8(6)12/h2-4H,1H2,(H,13,14)/p-1. The number of halogens is 3. The zero-order chi connectivity index (χ0) is 13.2. The smallest absolute Gasteiger partial charge is 0.274 e. The number of hydrogen-bond acceptors (Lipinski definition) is 3. The molecule has 0 aliphatic heterocycles. The van der Waals surface area contributed by atoms with Gasteiger partial charge in [-0.2, -0.15) is 12.8 Å². The van der Waals surface area contributed by atoms with E-state index in [1.54, 1.807) is 6.07 Å². The summed E-state index contributed by atoms with van der Waals surface area (Å²) in [5.41, 5.74) is 0.285. The van der Waals surface area contributed by atoms with Gasteiger partial charge in [0.1, 0.15) is 0 Å². The van der Waals surface area contributed by atoms with Gasteiger partial charge < -0.3 is 5.11 Å². The molecule has 0 amide bonds. The fourth-order valence-electron chi connectivity index (χ4n) is 0.914. The van der Waals surface area contributed by atoms with Gasteiger partial charge in [-0.05, 0) is 79.9 Å². The Balaban J connectivity index is 3.41. The van der Waals surface area contributed by atoms with Crippen LogP contribution in [0.5, 0.6) is 0 Å². The van der Waals surface area contributed by atoms with Crippen molar-refractivity contribution >= 4 is 83.7 Å². The Bertz CT molecular complexity index is 596. The monoisotopic (exact) mass is 588 g/mol. The van der Waals surface area contributed by atoms with Crippen LogP contribution in [0, 0.1) is 10.7 Å². The Hall–Kier alpha value is 0.570. The van der Waals surface area contributed by atoms with Crippen molar-refractivity contribution in [2.75, 3.05) is 0 Å². The number of hydrogen-bond donors (Lipinski definition) is 0. The number of rotatable bonds is 3. The van der Waals surface area contributed by atoms with Crippen molar-refractivity contribution in [2.24, 2.45) is 4.40 Å². The van der Waals surface area contributed by atoms with Crippen LogP contribution >= 0.6 is 67.8 Å². The van der Waals surface area contributed by atoms with E-state index in [0.29, 0.717) is 8.98 Å². The molecule has 0 N–H and O–H groups in total. The Labute approximate surface area is 140 Å². The average Bonchev–Trinajstić information content (AvgIpc) is 2.22. The highest BCUT2D eigenvalue weighted by Gasteiger charge is 2.08. The van der Waals surface area contributed by atoms with E-state index in [4.69, 9.17) is 0 Å². The lowest BCUT2D eigenvalue weighted by Crippen LogP contribution is -2.22. The number of benzene rings is 1. The van der Waals surface area contributed by atoms with Crippen LogP contribution in [0.4, 0.5) is 0 Å². The van der Waals surface area contributed by atoms with Crippen LogP contribution in [0.15, 0.2) is 28.5 Å². The molecule has 0 unspecified atom stereocenters. The average molecular weight is 588 g/mol. The molecule has 8 heteroatoms. The van der Waals surface area contributed by atoms with Crippen LogP contribution in [-0.4, -0.2) is 14.3 Å². The van der Waals surface area contributed by atoms with Gasteiger partial charge >= 0.3 is 0 Å². The van der Waals surface area contributed by atoms with Crippen molar-refractivity contribution in [1.29, 1.82) is 0 Å². The highest BCUT2D eigenvalue weighted by molar-refractivity contribution is 14.1. The van der Waals surface area contributed by atoms with E-state index in [-0.39, 0.29) is 5.56 Å². The summed E-state index contributed by atoms with van der Waals surface area (Å²) in [6, 6.07) is 3.50. The third-order valence-electron chi connectivity index (χ3n) is 1.64. The SMILES string of the molecule is C=CS(=O)(=O)/N=C(\[O-])c1cc(I)cc(I)c1I. The van der Waals surface area contributed by atoms with Crippen LogP contribution < -0.4 is 5.11 Å². The molecule has 1 aromatic carbocycles. The minimum atomic E-state index is -3.88. The first-order valence-corrected chi connectivity index (χ1v) is 8.80. The third kappa shape index (κ3) is 4.31. The van der Waals surface area contributed by atoms with Gasteiger partial charge in [0, 0.05) is 27.6 Å². The molecule has 92 valence electrons. The Morgan fingerprint density at radius 1 is 1.35 bits per heavy atom. The van der Waals surface area contributed by atoms with Gasteiger partial charge in [-0.1, -0.05) is 6.58 Å². The van der Waals surface area contributed by atoms with Gasteiger partial charge in [0.25, 0.3) is 10.0 Å². The van der Waals surface area contributed by atoms with Crippen LogP contribution in [0.25, 0.3) is 0 Å². The fourth-order valence-corrected chi connectivity index (χ4v) is 3.70. The van der Waals surface area contributed by atoms with Gasteiger partial charge in [-0.25, -0.2) is 0 Å². The van der Waals surface area contributed by atoms with E-state index in [1.807, 2.05) is 28.7 Å². The minimum Gasteiger partial charge on any atom is -0.858 e. The van der Waals surface area contributed by atoms with Gasteiger partial charge in [0.2, 0.25) is 0 Å². The van der Waals surface area contributed by atoms with Crippen molar-refractivity contribution in [2.45, 2.75) is 0 Å². The molecule has 1 aromatic rings. The molecule has 0 spiro atoms. The molecule has 1 rings (SSSR count). The third-order valence-corrected chi connectivity index (χ3v) is 6.15. The second-order valence-corrected chi connectivity index (χ2v) is 7.86. The quantitative estimate of drug-likeness (QED) is 0.235. The van der Waals surface area contributed by atoms with E-state index in [9.17, 15) is 13.5 Å². The molecule has 17 heavy (non-hydrogen) atoms. The summed E-state index contributed by atoms with van der Waals surface area (Å²) in [6.45, 7) is 3.10. The van der Waals surface area contributed by atoms with Gasteiger partial charge in [-0.15, -0.1) is 0 Å². The molecule has 0 atom stereocenters. The predicted octanol–water partition coefficient (Wildman–Crippen LogP) is 2.08. The topological polar surface area (TPSA) is 69.6 Å². The molecule has 0 aromatic heterocycles. The zero-order valence-corrected chi connectivity index (χ0v) is 15.4. The highest BCUT2D eigenvalue weighted by Crippen LogP contribution is 2.22. The van der Waals surface area contributed by atoms with Crippen LogP contribution in [0.2, 0.25) is 0 Å². The Kier molecular flexibility index (Phi) is 5.65. The first kappa shape index (κ1) is 15.6. The summed E-state index contributed by atoms with van der Waals surface area (Å²) in [5.74, 6) is -0.772. The summed E-state index contributed by atoms with van der Waals surface area (Å²) in [5, 5.41) is 12.4. The van der Waals surface area contributed by atoms with E-state index in [0.717, 1.165) is 7.14 Å². The van der Waals surface area contributed by atoms with Crippen LogP contribution in [-0.2, 0) is 10.0 Å². The molecule has 0 aliphatic carbocycles. The van der Waals surface area contributed by atoms with Crippen LogP contribution in [0.1, 0.15) is 5.56 Å². The van der Waals surface area contributed by atoms with Gasteiger partial charge in [0.15, 0.2) is 0 Å². The number of nitrogens with zero attached hydrogens (tertiary/aromatic N) is 1. The molecule has 0 heterocycles. The summed E-state index contributed by atoms with van der Waals surface area (Å²) in [7, 11) is -3.88.